The topological polar surface area (TPSA) is 37.8 Å². The van der Waals surface area contributed by atoms with E-state index < -0.39 is 0 Å². The summed E-state index contributed by atoms with van der Waals surface area (Å²) < 4.78 is 0. The lowest BCUT2D eigenvalue weighted by atomic mass is 10.1. The molecule has 1 aliphatic heterocycles. The Kier molecular flexibility index (Phi) is 1.94. The molecule has 0 radical (unpaired) electrons. The van der Waals surface area contributed by atoms with Crippen molar-refractivity contribution in [2.75, 3.05) is 5.32 Å². The molecule has 0 aliphatic carbocycles. The van der Waals surface area contributed by atoms with Crippen molar-refractivity contribution in [2.24, 2.45) is 0 Å². The van der Waals surface area contributed by atoms with Crippen molar-refractivity contribution in [1.82, 2.24) is 9.97 Å². The van der Waals surface area contributed by atoms with Gasteiger partial charge in [0.15, 0.2) is 0 Å². The summed E-state index contributed by atoms with van der Waals surface area (Å²) in [6.45, 7) is 6.20. The molecule has 2 rings (SSSR count). The van der Waals surface area contributed by atoms with Crippen LogP contribution in [0, 0.1) is 13.8 Å². The number of hydrogen-bond acceptors (Lipinski definition) is 3. The minimum absolute atomic E-state index is 0.531. The van der Waals surface area contributed by atoms with Crippen molar-refractivity contribution in [2.45, 2.75) is 39.7 Å². The lowest BCUT2D eigenvalue weighted by Crippen LogP contribution is -2.24. The van der Waals surface area contributed by atoms with Crippen LogP contribution in [-0.4, -0.2) is 16.0 Å². The van der Waals surface area contributed by atoms with Crippen LogP contribution >= 0.6 is 0 Å². The summed E-state index contributed by atoms with van der Waals surface area (Å²) in [7, 11) is 0. The SMILES string of the molecule is Cc1nc2c(nc1C)NC(C)CC2. The fraction of sp³-hybridized carbons (Fsp3) is 0.600. The van der Waals surface area contributed by atoms with Crippen LogP contribution in [0.5, 0.6) is 0 Å². The number of hydrogen-bond donors (Lipinski definition) is 1. The number of nitrogens with zero attached hydrogens (tertiary/aromatic N) is 2. The van der Waals surface area contributed by atoms with Crippen molar-refractivity contribution in [3.8, 4) is 0 Å². The third-order valence-electron chi connectivity index (χ3n) is 2.58. The Balaban J connectivity index is 2.43. The lowest BCUT2D eigenvalue weighted by molar-refractivity contribution is 0.655. The molecule has 13 heavy (non-hydrogen) atoms. The maximum atomic E-state index is 4.52. The third-order valence-corrected chi connectivity index (χ3v) is 2.58. The molecule has 0 bridgehead atoms. The first kappa shape index (κ1) is 8.48. The number of rotatable bonds is 0. The van der Waals surface area contributed by atoms with Crippen molar-refractivity contribution in [1.29, 1.82) is 0 Å². The van der Waals surface area contributed by atoms with E-state index in [0.717, 1.165) is 35.7 Å². The molecule has 3 nitrogen and oxygen atoms in total. The molecule has 1 atom stereocenters. The molecule has 0 saturated heterocycles. The summed E-state index contributed by atoms with van der Waals surface area (Å²) in [6.07, 6.45) is 2.21. The van der Waals surface area contributed by atoms with Crippen LogP contribution in [0.25, 0.3) is 0 Å². The largest absolute Gasteiger partial charge is 0.366 e. The Labute approximate surface area is 78.6 Å². The number of aromatic nitrogens is 2. The van der Waals surface area contributed by atoms with Gasteiger partial charge in [0.1, 0.15) is 5.82 Å². The molecule has 0 amide bonds. The monoisotopic (exact) mass is 177 g/mol. The van der Waals surface area contributed by atoms with E-state index in [2.05, 4.69) is 22.2 Å². The zero-order valence-electron chi connectivity index (χ0n) is 8.39. The summed E-state index contributed by atoms with van der Waals surface area (Å²) in [5, 5.41) is 3.35. The van der Waals surface area contributed by atoms with Gasteiger partial charge in [-0.2, -0.15) is 0 Å². The van der Waals surface area contributed by atoms with Gasteiger partial charge in [-0.05, 0) is 33.6 Å². The van der Waals surface area contributed by atoms with Crippen molar-refractivity contribution in [3.63, 3.8) is 0 Å². The standard InChI is InChI=1S/C10H15N3/c1-6-4-5-9-10(11-6)13-8(3)7(2)12-9/h6H,4-5H2,1-3H3,(H,11,13). The van der Waals surface area contributed by atoms with Crippen molar-refractivity contribution >= 4 is 5.82 Å². The van der Waals surface area contributed by atoms with Gasteiger partial charge in [0, 0.05) is 6.04 Å². The molecular formula is C10H15N3. The Morgan fingerprint density at radius 2 is 1.92 bits per heavy atom. The van der Waals surface area contributed by atoms with E-state index >= 15 is 0 Å². The predicted octanol–water partition coefficient (Wildman–Crippen LogP) is 1.84. The van der Waals surface area contributed by atoms with Gasteiger partial charge in [-0.1, -0.05) is 0 Å². The Morgan fingerprint density at radius 3 is 2.69 bits per heavy atom. The van der Waals surface area contributed by atoms with Crippen LogP contribution < -0.4 is 5.32 Å². The summed E-state index contributed by atoms with van der Waals surface area (Å²) in [4.78, 5) is 9.01. The molecule has 0 saturated carbocycles. The number of aryl methyl sites for hydroxylation is 3. The second-order valence-corrected chi connectivity index (χ2v) is 3.77. The Hall–Kier alpha value is -1.12. The van der Waals surface area contributed by atoms with Crippen molar-refractivity contribution < 1.29 is 0 Å². The van der Waals surface area contributed by atoms with Crippen LogP contribution in [0.1, 0.15) is 30.4 Å². The highest BCUT2D eigenvalue weighted by molar-refractivity contribution is 5.44. The average molecular weight is 177 g/mol. The third kappa shape index (κ3) is 1.50. The first-order valence-electron chi connectivity index (χ1n) is 4.77. The highest BCUT2D eigenvalue weighted by Gasteiger charge is 2.17. The molecule has 0 aromatic carbocycles. The highest BCUT2D eigenvalue weighted by Crippen LogP contribution is 2.21. The molecule has 1 N–H and O–H groups in total. The summed E-state index contributed by atoms with van der Waals surface area (Å²) in [6, 6.07) is 0.531. The van der Waals surface area contributed by atoms with Gasteiger partial charge in [-0.25, -0.2) is 4.98 Å². The highest BCUT2D eigenvalue weighted by atomic mass is 15.1. The fourth-order valence-corrected chi connectivity index (χ4v) is 1.60. The molecule has 1 unspecified atom stereocenters. The number of anilines is 1. The normalized spacial score (nSPS) is 20.7. The van der Waals surface area contributed by atoms with Gasteiger partial charge in [-0.15, -0.1) is 0 Å². The molecule has 0 spiro atoms. The molecule has 1 aromatic heterocycles. The molecule has 70 valence electrons. The van der Waals surface area contributed by atoms with Crippen molar-refractivity contribution in [3.05, 3.63) is 17.1 Å². The van der Waals surface area contributed by atoms with E-state index in [4.69, 9.17) is 0 Å². The molecule has 1 aliphatic rings. The van der Waals surface area contributed by atoms with E-state index in [0.29, 0.717) is 6.04 Å². The van der Waals surface area contributed by atoms with E-state index in [-0.39, 0.29) is 0 Å². The van der Waals surface area contributed by atoms with Gasteiger partial charge in [-0.3, -0.25) is 4.98 Å². The predicted molar refractivity (Wildman–Crippen MR) is 52.9 cm³/mol. The van der Waals surface area contributed by atoms with Gasteiger partial charge < -0.3 is 5.32 Å². The quantitative estimate of drug-likeness (QED) is 0.657. The first-order valence-corrected chi connectivity index (χ1v) is 4.77. The first-order chi connectivity index (χ1) is 6.16. The minimum Gasteiger partial charge on any atom is -0.366 e. The van der Waals surface area contributed by atoms with E-state index in [9.17, 15) is 0 Å². The van der Waals surface area contributed by atoms with Crippen LogP contribution in [0.3, 0.4) is 0 Å². The summed E-state index contributed by atoms with van der Waals surface area (Å²) in [5.74, 6) is 0.988. The van der Waals surface area contributed by atoms with Crippen LogP contribution in [-0.2, 0) is 6.42 Å². The Bertz CT molecular complexity index is 333. The van der Waals surface area contributed by atoms with E-state index in [1.165, 1.54) is 0 Å². The zero-order valence-corrected chi connectivity index (χ0v) is 8.39. The fourth-order valence-electron chi connectivity index (χ4n) is 1.60. The maximum Gasteiger partial charge on any atom is 0.148 e. The molecule has 2 heterocycles. The van der Waals surface area contributed by atoms with Crippen LogP contribution in [0.4, 0.5) is 5.82 Å². The summed E-state index contributed by atoms with van der Waals surface area (Å²) in [5.41, 5.74) is 3.21. The maximum absolute atomic E-state index is 4.52. The van der Waals surface area contributed by atoms with E-state index in [1.807, 2.05) is 13.8 Å². The smallest absolute Gasteiger partial charge is 0.148 e. The van der Waals surface area contributed by atoms with Gasteiger partial charge in [0.2, 0.25) is 0 Å². The molecule has 0 fully saturated rings. The molecule has 3 heteroatoms. The summed E-state index contributed by atoms with van der Waals surface area (Å²) >= 11 is 0. The molecular weight excluding hydrogens is 162 g/mol. The number of nitrogens with one attached hydrogen (secondary N) is 1. The lowest BCUT2D eigenvalue weighted by Gasteiger charge is -2.22. The van der Waals surface area contributed by atoms with Gasteiger partial charge >= 0.3 is 0 Å². The zero-order chi connectivity index (χ0) is 9.42. The average Bonchev–Trinajstić information content (AvgIpc) is 2.08. The second-order valence-electron chi connectivity index (χ2n) is 3.77. The molecule has 1 aromatic rings. The van der Waals surface area contributed by atoms with Crippen LogP contribution in [0.15, 0.2) is 0 Å². The second kappa shape index (κ2) is 2.98. The van der Waals surface area contributed by atoms with Gasteiger partial charge in [0.25, 0.3) is 0 Å². The van der Waals surface area contributed by atoms with Crippen LogP contribution in [0.2, 0.25) is 0 Å². The van der Waals surface area contributed by atoms with E-state index in [1.54, 1.807) is 0 Å². The minimum atomic E-state index is 0.531. The Morgan fingerprint density at radius 1 is 1.23 bits per heavy atom. The number of fused-ring (bicyclic) bond motifs is 1. The van der Waals surface area contributed by atoms with Gasteiger partial charge in [0.05, 0.1) is 17.1 Å².